The molecule has 0 saturated heterocycles. The summed E-state index contributed by atoms with van der Waals surface area (Å²) in [6.07, 6.45) is 5.00. The van der Waals surface area contributed by atoms with Crippen molar-refractivity contribution in [2.24, 2.45) is 17.3 Å². The normalized spacial score (nSPS) is 28.7. The number of para-hydroxylation sites is 1. The highest BCUT2D eigenvalue weighted by Gasteiger charge is 2.62. The van der Waals surface area contributed by atoms with Gasteiger partial charge in [0.1, 0.15) is 11.6 Å². The summed E-state index contributed by atoms with van der Waals surface area (Å²) in [5.41, 5.74) is 0.465. The van der Waals surface area contributed by atoms with Crippen molar-refractivity contribution in [3.05, 3.63) is 59.9 Å². The van der Waals surface area contributed by atoms with Gasteiger partial charge in [-0.2, -0.15) is 0 Å². The van der Waals surface area contributed by atoms with E-state index in [1.165, 1.54) is 13.2 Å². The average molecular weight is 480 g/mol. The Balaban J connectivity index is 1.35. The summed E-state index contributed by atoms with van der Waals surface area (Å²) in [6, 6.07) is 14.5. The number of esters is 1. The van der Waals surface area contributed by atoms with E-state index in [1.54, 1.807) is 4.90 Å². The van der Waals surface area contributed by atoms with Gasteiger partial charge in [0.15, 0.2) is 6.61 Å². The molecule has 4 fully saturated rings. The Bertz CT molecular complexity index is 1100. The molecule has 4 saturated carbocycles. The molecule has 1 amide bonds. The summed E-state index contributed by atoms with van der Waals surface area (Å²) in [4.78, 5) is 28.3. The minimum Gasteiger partial charge on any atom is -0.497 e. The molecule has 0 heterocycles. The van der Waals surface area contributed by atoms with E-state index in [4.69, 9.17) is 9.47 Å². The maximum atomic E-state index is 15.2. The number of nitrogens with zero attached hydrogens (tertiary/aromatic N) is 1. The highest BCUT2D eigenvalue weighted by atomic mass is 19.1. The molecule has 0 radical (unpaired) electrons. The van der Waals surface area contributed by atoms with Gasteiger partial charge in [-0.05, 0) is 93.4 Å². The lowest BCUT2D eigenvalue weighted by Crippen LogP contribution is -2.57. The van der Waals surface area contributed by atoms with Crippen molar-refractivity contribution in [3.63, 3.8) is 0 Å². The van der Waals surface area contributed by atoms with Gasteiger partial charge in [-0.1, -0.05) is 24.3 Å². The van der Waals surface area contributed by atoms with Gasteiger partial charge in [0.2, 0.25) is 0 Å². The molecule has 0 spiro atoms. The van der Waals surface area contributed by atoms with Crippen LogP contribution in [0.5, 0.6) is 5.75 Å². The van der Waals surface area contributed by atoms with Crippen LogP contribution in [-0.2, 0) is 19.7 Å². The van der Waals surface area contributed by atoms with Gasteiger partial charge in [0.05, 0.1) is 12.5 Å². The van der Waals surface area contributed by atoms with Crippen molar-refractivity contribution in [2.45, 2.75) is 63.8 Å². The van der Waals surface area contributed by atoms with E-state index in [2.05, 4.69) is 0 Å². The first-order valence-corrected chi connectivity index (χ1v) is 12.6. The van der Waals surface area contributed by atoms with Crippen molar-refractivity contribution < 1.29 is 23.5 Å². The number of hydrogen-bond acceptors (Lipinski definition) is 4. The molecule has 0 aliphatic heterocycles. The minimum atomic E-state index is -0.647. The van der Waals surface area contributed by atoms with Crippen LogP contribution in [0.1, 0.15) is 57.9 Å². The van der Waals surface area contributed by atoms with E-state index < -0.39 is 5.41 Å². The molecule has 2 aromatic carbocycles. The van der Waals surface area contributed by atoms with Gasteiger partial charge in [0, 0.05) is 17.8 Å². The number of rotatable bonds is 7. The highest BCUT2D eigenvalue weighted by Crippen LogP contribution is 2.66. The largest absolute Gasteiger partial charge is 0.497 e. The molecular weight excluding hydrogens is 445 g/mol. The molecule has 4 aliphatic rings. The smallest absolute Gasteiger partial charge is 0.312 e. The van der Waals surface area contributed by atoms with Gasteiger partial charge < -0.3 is 14.4 Å². The summed E-state index contributed by atoms with van der Waals surface area (Å²) >= 11 is 0. The third-order valence-corrected chi connectivity index (χ3v) is 8.39. The van der Waals surface area contributed by atoms with Crippen LogP contribution in [0.2, 0.25) is 0 Å². The second kappa shape index (κ2) is 8.96. The Morgan fingerprint density at radius 3 is 2.34 bits per heavy atom. The zero-order valence-corrected chi connectivity index (χ0v) is 20.8. The van der Waals surface area contributed by atoms with Crippen LogP contribution in [-0.4, -0.2) is 31.6 Å². The molecule has 2 atom stereocenters. The fraction of sp³-hybridized carbons (Fsp3) is 0.517. The van der Waals surface area contributed by atoms with E-state index in [0.29, 0.717) is 29.6 Å². The Morgan fingerprint density at radius 2 is 1.74 bits per heavy atom. The van der Waals surface area contributed by atoms with E-state index in [1.807, 2.05) is 56.3 Å². The van der Waals surface area contributed by atoms with E-state index in [0.717, 1.165) is 37.8 Å². The Hall–Kier alpha value is -2.89. The lowest BCUT2D eigenvalue weighted by atomic mass is 9.43. The van der Waals surface area contributed by atoms with Gasteiger partial charge in [-0.3, -0.25) is 9.59 Å². The molecule has 4 aliphatic carbocycles. The maximum Gasteiger partial charge on any atom is 0.312 e. The topological polar surface area (TPSA) is 55.8 Å². The number of amides is 1. The summed E-state index contributed by atoms with van der Waals surface area (Å²) < 4.78 is 26.1. The third-order valence-electron chi connectivity index (χ3n) is 8.39. The minimum absolute atomic E-state index is 0.0653. The number of carbonyl (C=O) groups excluding carboxylic acids is 2. The molecule has 35 heavy (non-hydrogen) atoms. The first-order chi connectivity index (χ1) is 16.7. The molecule has 4 bridgehead atoms. The summed E-state index contributed by atoms with van der Waals surface area (Å²) in [6.45, 7) is 3.60. The molecule has 6 rings (SSSR count). The van der Waals surface area contributed by atoms with Crippen LogP contribution in [0.25, 0.3) is 0 Å². The molecule has 0 N–H and O–H groups in total. The summed E-state index contributed by atoms with van der Waals surface area (Å²) in [5, 5.41) is 0. The first kappa shape index (κ1) is 23.8. The number of hydrogen-bond donors (Lipinski definition) is 0. The fourth-order valence-electron chi connectivity index (χ4n) is 7.54. The van der Waals surface area contributed by atoms with Crippen LogP contribution < -0.4 is 9.64 Å². The predicted molar refractivity (Wildman–Crippen MR) is 132 cm³/mol. The number of ether oxygens (including phenoxy) is 2. The number of benzene rings is 2. The molecular formula is C29H34FNO4. The zero-order valence-electron chi connectivity index (χ0n) is 20.8. The van der Waals surface area contributed by atoms with Crippen molar-refractivity contribution in [2.75, 3.05) is 18.6 Å². The molecule has 6 heteroatoms. The van der Waals surface area contributed by atoms with Crippen LogP contribution in [0, 0.1) is 23.1 Å². The van der Waals surface area contributed by atoms with Crippen molar-refractivity contribution in [1.29, 1.82) is 0 Å². The quantitative estimate of drug-likeness (QED) is 0.481. The highest BCUT2D eigenvalue weighted by molar-refractivity contribution is 5.96. The monoisotopic (exact) mass is 479 g/mol. The predicted octanol–water partition coefficient (Wildman–Crippen LogP) is 5.66. The fourth-order valence-corrected chi connectivity index (χ4v) is 7.54. The number of halogens is 1. The number of carbonyl (C=O) groups is 2. The van der Waals surface area contributed by atoms with Crippen molar-refractivity contribution in [1.82, 2.24) is 0 Å². The molecule has 186 valence electrons. The van der Waals surface area contributed by atoms with Crippen LogP contribution in [0.15, 0.2) is 48.5 Å². The van der Waals surface area contributed by atoms with E-state index in [9.17, 15) is 9.59 Å². The average Bonchev–Trinajstić information content (AvgIpc) is 2.82. The second-order valence-corrected chi connectivity index (χ2v) is 11.1. The third kappa shape index (κ3) is 4.21. The maximum absolute atomic E-state index is 15.2. The SMILES string of the molecule is COc1ccc(C23C[C@H]4C[C@@H](CC(C(=O)OCC(=O)N(c5ccccc5)C(C)C)(C4)C2)C3)c(F)c1. The Kier molecular flexibility index (Phi) is 6.10. The lowest BCUT2D eigenvalue weighted by Gasteiger charge is -2.61. The summed E-state index contributed by atoms with van der Waals surface area (Å²) in [7, 11) is 1.53. The molecule has 0 aromatic heterocycles. The van der Waals surface area contributed by atoms with Crippen LogP contribution in [0.3, 0.4) is 0 Å². The molecule has 0 unspecified atom stereocenters. The zero-order chi connectivity index (χ0) is 24.8. The van der Waals surface area contributed by atoms with E-state index in [-0.39, 0.29) is 35.8 Å². The van der Waals surface area contributed by atoms with Crippen LogP contribution in [0.4, 0.5) is 10.1 Å². The first-order valence-electron chi connectivity index (χ1n) is 12.6. The van der Waals surface area contributed by atoms with Crippen molar-refractivity contribution >= 4 is 17.6 Å². The standard InChI is InChI=1S/C29H34FNO4/c1-19(2)31(22-7-5-4-6-8-22)26(32)17-35-27(33)29-15-20-11-21(16-29)14-28(13-20,18-29)24-10-9-23(34-3)12-25(24)30/h4-10,12,19-21H,11,13-18H2,1-3H3/t20-,21-,28?,29?/m1/s1. The Labute approximate surface area is 206 Å². The molecule has 5 nitrogen and oxygen atoms in total. The second-order valence-electron chi connectivity index (χ2n) is 11.1. The number of anilines is 1. The lowest BCUT2D eigenvalue weighted by molar-refractivity contribution is -0.175. The van der Waals surface area contributed by atoms with Gasteiger partial charge in [-0.15, -0.1) is 0 Å². The Morgan fingerprint density at radius 1 is 1.06 bits per heavy atom. The van der Waals surface area contributed by atoms with Gasteiger partial charge >= 0.3 is 5.97 Å². The van der Waals surface area contributed by atoms with E-state index >= 15 is 4.39 Å². The van der Waals surface area contributed by atoms with Crippen molar-refractivity contribution in [3.8, 4) is 5.75 Å². The molecule has 2 aromatic rings. The van der Waals surface area contributed by atoms with Crippen LogP contribution >= 0.6 is 0 Å². The number of methoxy groups -OCH3 is 1. The van der Waals surface area contributed by atoms with Gasteiger partial charge in [0.25, 0.3) is 5.91 Å². The summed E-state index contributed by atoms with van der Waals surface area (Å²) in [5.74, 6) is 0.447. The van der Waals surface area contributed by atoms with Gasteiger partial charge in [-0.25, -0.2) is 4.39 Å².